The van der Waals surface area contributed by atoms with Gasteiger partial charge < -0.3 is 10.3 Å². The summed E-state index contributed by atoms with van der Waals surface area (Å²) >= 11 is 4.83. The van der Waals surface area contributed by atoms with Gasteiger partial charge in [0.2, 0.25) is 10.0 Å². The number of carbonyl (C=O) groups is 1. The predicted octanol–water partition coefficient (Wildman–Crippen LogP) is 3.10. The molecule has 142 valence electrons. The van der Waals surface area contributed by atoms with Crippen LogP contribution in [0.4, 0.5) is 0 Å². The molecule has 1 saturated heterocycles. The van der Waals surface area contributed by atoms with E-state index in [1.807, 2.05) is 11.4 Å². The SMILES string of the molecule is O=C(NCc1cscn1)c1[nH]c2ccc(Br)cc2c1S(=O)(=O)N1CCCC1. The van der Waals surface area contributed by atoms with Crippen LogP contribution in [0.1, 0.15) is 29.0 Å². The minimum atomic E-state index is -3.78. The van der Waals surface area contributed by atoms with Crippen LogP contribution in [-0.2, 0) is 16.6 Å². The van der Waals surface area contributed by atoms with E-state index in [2.05, 4.69) is 31.2 Å². The van der Waals surface area contributed by atoms with Gasteiger partial charge in [0, 0.05) is 33.8 Å². The minimum Gasteiger partial charge on any atom is -0.349 e. The molecule has 3 aromatic rings. The van der Waals surface area contributed by atoms with Crippen molar-refractivity contribution in [1.82, 2.24) is 19.6 Å². The van der Waals surface area contributed by atoms with Gasteiger partial charge in [0.05, 0.1) is 17.7 Å². The van der Waals surface area contributed by atoms with Gasteiger partial charge >= 0.3 is 0 Å². The molecule has 1 aliphatic rings. The Labute approximate surface area is 169 Å². The average Bonchev–Trinajstić information content (AvgIpc) is 3.39. The summed E-state index contributed by atoms with van der Waals surface area (Å²) in [6.07, 6.45) is 1.66. The number of nitrogens with one attached hydrogen (secondary N) is 2. The molecular weight excluding hydrogens is 452 g/mol. The van der Waals surface area contributed by atoms with E-state index in [1.165, 1.54) is 15.6 Å². The van der Waals surface area contributed by atoms with Gasteiger partial charge in [-0.3, -0.25) is 4.79 Å². The zero-order valence-electron chi connectivity index (χ0n) is 14.2. The van der Waals surface area contributed by atoms with E-state index >= 15 is 0 Å². The van der Waals surface area contributed by atoms with Gasteiger partial charge in [0.25, 0.3) is 5.91 Å². The second kappa shape index (κ2) is 7.34. The molecule has 2 N–H and O–H groups in total. The highest BCUT2D eigenvalue weighted by molar-refractivity contribution is 9.10. The van der Waals surface area contributed by atoms with E-state index in [9.17, 15) is 13.2 Å². The van der Waals surface area contributed by atoms with Gasteiger partial charge in [-0.2, -0.15) is 4.31 Å². The second-order valence-corrected chi connectivity index (χ2v) is 9.80. The third kappa shape index (κ3) is 3.54. The lowest BCUT2D eigenvalue weighted by molar-refractivity contribution is 0.0943. The number of benzene rings is 1. The zero-order chi connectivity index (χ0) is 19.0. The molecule has 0 saturated carbocycles. The topological polar surface area (TPSA) is 95.2 Å². The lowest BCUT2D eigenvalue weighted by Gasteiger charge is -2.16. The third-order valence-electron chi connectivity index (χ3n) is 4.52. The van der Waals surface area contributed by atoms with Crippen LogP contribution in [0.3, 0.4) is 0 Å². The normalized spacial score (nSPS) is 15.4. The van der Waals surface area contributed by atoms with Crippen LogP contribution in [-0.4, -0.2) is 41.7 Å². The summed E-state index contributed by atoms with van der Waals surface area (Å²) in [5.41, 5.74) is 3.08. The molecule has 3 heterocycles. The van der Waals surface area contributed by atoms with Crippen LogP contribution in [0, 0.1) is 0 Å². The number of carbonyl (C=O) groups excluding carboxylic acids is 1. The lowest BCUT2D eigenvalue weighted by Crippen LogP contribution is -2.31. The van der Waals surface area contributed by atoms with E-state index in [0.717, 1.165) is 23.0 Å². The van der Waals surface area contributed by atoms with Gasteiger partial charge in [-0.25, -0.2) is 13.4 Å². The molecular formula is C17H17BrN4O3S2. The Morgan fingerprint density at radius 2 is 2.11 bits per heavy atom. The molecule has 1 aromatic carbocycles. The van der Waals surface area contributed by atoms with Gasteiger partial charge in [-0.15, -0.1) is 11.3 Å². The Bertz CT molecular complexity index is 1090. The van der Waals surface area contributed by atoms with E-state index < -0.39 is 15.9 Å². The third-order valence-corrected chi connectivity index (χ3v) is 7.63. The summed E-state index contributed by atoms with van der Waals surface area (Å²) in [7, 11) is -3.78. The lowest BCUT2D eigenvalue weighted by atomic mass is 10.2. The first kappa shape index (κ1) is 18.6. The fraction of sp³-hybridized carbons (Fsp3) is 0.294. The molecule has 0 unspecified atom stereocenters. The van der Waals surface area contributed by atoms with Crippen molar-refractivity contribution >= 4 is 54.1 Å². The smallest absolute Gasteiger partial charge is 0.269 e. The molecule has 27 heavy (non-hydrogen) atoms. The molecule has 1 aliphatic heterocycles. The molecule has 1 amide bonds. The number of rotatable bonds is 5. The number of thiazole rings is 1. The molecule has 0 atom stereocenters. The number of fused-ring (bicyclic) bond motifs is 1. The number of hydrogen-bond donors (Lipinski definition) is 2. The molecule has 7 nitrogen and oxygen atoms in total. The standard InChI is InChI=1S/C17H17BrN4O3S2/c18-11-3-4-14-13(7-11)16(27(24,25)22-5-1-2-6-22)15(21-14)17(23)19-8-12-9-26-10-20-12/h3-4,7,9-10,21H,1-2,5-6,8H2,(H,19,23). The maximum absolute atomic E-state index is 13.3. The van der Waals surface area contributed by atoms with Crippen molar-refractivity contribution < 1.29 is 13.2 Å². The number of nitrogens with zero attached hydrogens (tertiary/aromatic N) is 2. The van der Waals surface area contributed by atoms with Crippen molar-refractivity contribution in [2.75, 3.05) is 13.1 Å². The Kier molecular flexibility index (Phi) is 5.06. The molecule has 0 spiro atoms. The van der Waals surface area contributed by atoms with Crippen LogP contribution >= 0.6 is 27.3 Å². The molecule has 0 radical (unpaired) electrons. The first-order valence-corrected chi connectivity index (χ1v) is 11.6. The summed E-state index contributed by atoms with van der Waals surface area (Å²) in [4.78, 5) is 20.0. The highest BCUT2D eigenvalue weighted by Gasteiger charge is 2.34. The quantitative estimate of drug-likeness (QED) is 0.601. The van der Waals surface area contributed by atoms with Gasteiger partial charge in [-0.1, -0.05) is 15.9 Å². The summed E-state index contributed by atoms with van der Waals surface area (Å²) < 4.78 is 28.8. The van der Waals surface area contributed by atoms with Crippen molar-refractivity contribution in [2.24, 2.45) is 0 Å². The molecule has 0 bridgehead atoms. The molecule has 1 fully saturated rings. The molecule has 2 aromatic heterocycles. The number of aromatic nitrogens is 2. The summed E-state index contributed by atoms with van der Waals surface area (Å²) in [6, 6.07) is 5.30. The van der Waals surface area contributed by atoms with E-state index in [1.54, 1.807) is 17.6 Å². The maximum atomic E-state index is 13.3. The van der Waals surface area contributed by atoms with Crippen molar-refractivity contribution in [1.29, 1.82) is 0 Å². The first-order valence-electron chi connectivity index (χ1n) is 8.43. The van der Waals surface area contributed by atoms with Crippen LogP contribution in [0.2, 0.25) is 0 Å². The maximum Gasteiger partial charge on any atom is 0.269 e. The Hall–Kier alpha value is -1.75. The second-order valence-electron chi connectivity index (χ2n) is 6.29. The monoisotopic (exact) mass is 468 g/mol. The van der Waals surface area contributed by atoms with Crippen LogP contribution in [0.25, 0.3) is 10.9 Å². The number of sulfonamides is 1. The Balaban J connectivity index is 1.78. The molecule has 0 aliphatic carbocycles. The average molecular weight is 469 g/mol. The number of aromatic amines is 1. The van der Waals surface area contributed by atoms with Crippen molar-refractivity contribution in [3.8, 4) is 0 Å². The predicted molar refractivity (Wildman–Crippen MR) is 107 cm³/mol. The zero-order valence-corrected chi connectivity index (χ0v) is 17.5. The highest BCUT2D eigenvalue weighted by atomic mass is 79.9. The van der Waals surface area contributed by atoms with Gasteiger partial charge in [0.15, 0.2) is 0 Å². The van der Waals surface area contributed by atoms with E-state index in [-0.39, 0.29) is 17.1 Å². The van der Waals surface area contributed by atoms with Crippen LogP contribution in [0.15, 0.2) is 38.5 Å². The van der Waals surface area contributed by atoms with Gasteiger partial charge in [-0.05, 0) is 31.0 Å². The fourth-order valence-electron chi connectivity index (χ4n) is 3.21. The summed E-state index contributed by atoms with van der Waals surface area (Å²) in [6.45, 7) is 1.19. The van der Waals surface area contributed by atoms with E-state index in [4.69, 9.17) is 0 Å². The summed E-state index contributed by atoms with van der Waals surface area (Å²) in [5.74, 6) is -0.465. The number of H-pyrrole nitrogens is 1. The Morgan fingerprint density at radius 3 is 2.81 bits per heavy atom. The molecule has 4 rings (SSSR count). The minimum absolute atomic E-state index is 0.0384. The number of amides is 1. The van der Waals surface area contributed by atoms with Crippen molar-refractivity contribution in [2.45, 2.75) is 24.3 Å². The first-order chi connectivity index (χ1) is 13.0. The Morgan fingerprint density at radius 1 is 1.33 bits per heavy atom. The van der Waals surface area contributed by atoms with Crippen molar-refractivity contribution in [3.05, 3.63) is 45.0 Å². The largest absolute Gasteiger partial charge is 0.349 e. The van der Waals surface area contributed by atoms with Crippen LogP contribution < -0.4 is 5.32 Å². The van der Waals surface area contributed by atoms with Gasteiger partial charge in [0.1, 0.15) is 10.6 Å². The number of hydrogen-bond acceptors (Lipinski definition) is 5. The van der Waals surface area contributed by atoms with Crippen LogP contribution in [0.5, 0.6) is 0 Å². The fourth-order valence-corrected chi connectivity index (χ4v) is 5.97. The summed E-state index contributed by atoms with van der Waals surface area (Å²) in [5, 5.41) is 5.11. The number of halogens is 1. The molecule has 10 heteroatoms. The highest BCUT2D eigenvalue weighted by Crippen LogP contribution is 2.33. The van der Waals surface area contributed by atoms with E-state index in [0.29, 0.717) is 24.0 Å². The van der Waals surface area contributed by atoms with Crippen molar-refractivity contribution in [3.63, 3.8) is 0 Å².